The van der Waals surface area contributed by atoms with Crippen LogP contribution < -0.4 is 9.62 Å². The number of β-lactam (4-membered cyclic amide) rings is 1. The fraction of sp³-hybridized carbons (Fsp3) is 0.227. The number of amides is 1. The highest BCUT2D eigenvalue weighted by Gasteiger charge is 2.25. The lowest BCUT2D eigenvalue weighted by Gasteiger charge is -2.30. The van der Waals surface area contributed by atoms with Crippen LogP contribution in [0, 0.1) is 0 Å². The first-order valence-electron chi connectivity index (χ1n) is 9.87. The second-order valence-corrected chi connectivity index (χ2v) is 9.19. The molecule has 1 fully saturated rings. The van der Waals surface area contributed by atoms with Crippen molar-refractivity contribution in [2.75, 3.05) is 11.4 Å². The predicted molar refractivity (Wildman–Crippen MR) is 118 cm³/mol. The van der Waals surface area contributed by atoms with Gasteiger partial charge < -0.3 is 9.42 Å². The SMILES string of the molecule is CC(C)NS(=O)(=O)c1ccc(/C=C/c2nc(-c3cccc(N4CCC4=O)c3)no2)cc1. The van der Waals surface area contributed by atoms with Crippen LogP contribution in [0.25, 0.3) is 23.5 Å². The number of hydrogen-bond acceptors (Lipinski definition) is 6. The normalized spacial score (nSPS) is 14.4. The summed E-state index contributed by atoms with van der Waals surface area (Å²) in [6.07, 6.45) is 4.00. The monoisotopic (exact) mass is 438 g/mol. The number of sulfonamides is 1. The van der Waals surface area contributed by atoms with E-state index in [1.165, 1.54) is 0 Å². The van der Waals surface area contributed by atoms with Gasteiger partial charge in [0.25, 0.3) is 5.89 Å². The number of carbonyl (C=O) groups is 1. The minimum absolute atomic E-state index is 0.104. The average Bonchev–Trinajstić information content (AvgIpc) is 3.20. The van der Waals surface area contributed by atoms with Gasteiger partial charge in [-0.3, -0.25) is 4.79 Å². The topological polar surface area (TPSA) is 105 Å². The maximum atomic E-state index is 12.2. The Kier molecular flexibility index (Phi) is 5.71. The van der Waals surface area contributed by atoms with Gasteiger partial charge >= 0.3 is 0 Å². The van der Waals surface area contributed by atoms with Crippen molar-refractivity contribution in [3.8, 4) is 11.4 Å². The van der Waals surface area contributed by atoms with E-state index in [1.807, 2.05) is 24.3 Å². The van der Waals surface area contributed by atoms with Crippen LogP contribution in [0.1, 0.15) is 31.7 Å². The lowest BCUT2D eigenvalue weighted by molar-refractivity contribution is -0.122. The van der Waals surface area contributed by atoms with Gasteiger partial charge in [-0.25, -0.2) is 13.1 Å². The number of nitrogens with one attached hydrogen (secondary N) is 1. The van der Waals surface area contributed by atoms with Gasteiger partial charge in [-0.15, -0.1) is 0 Å². The summed E-state index contributed by atoms with van der Waals surface area (Å²) >= 11 is 0. The lowest BCUT2D eigenvalue weighted by Crippen LogP contribution is -2.43. The van der Waals surface area contributed by atoms with Crippen LogP contribution in [0.2, 0.25) is 0 Å². The first-order chi connectivity index (χ1) is 14.8. The zero-order chi connectivity index (χ0) is 22.0. The van der Waals surface area contributed by atoms with Gasteiger partial charge in [-0.2, -0.15) is 4.98 Å². The van der Waals surface area contributed by atoms with E-state index in [1.54, 1.807) is 55.2 Å². The van der Waals surface area contributed by atoms with Crippen LogP contribution in [0.4, 0.5) is 5.69 Å². The number of hydrogen-bond donors (Lipinski definition) is 1. The third-order valence-corrected chi connectivity index (χ3v) is 6.38. The summed E-state index contributed by atoms with van der Waals surface area (Å²) in [5, 5.41) is 4.01. The summed E-state index contributed by atoms with van der Waals surface area (Å²) in [5.41, 5.74) is 2.37. The van der Waals surface area contributed by atoms with Crippen LogP contribution in [-0.2, 0) is 14.8 Å². The molecule has 3 aromatic rings. The molecule has 0 spiro atoms. The summed E-state index contributed by atoms with van der Waals surface area (Å²) in [6, 6.07) is 13.8. The molecule has 0 atom stereocenters. The lowest BCUT2D eigenvalue weighted by atomic mass is 10.1. The number of carbonyl (C=O) groups excluding carboxylic acids is 1. The number of rotatable bonds is 7. The van der Waals surface area contributed by atoms with Crippen molar-refractivity contribution in [1.29, 1.82) is 0 Å². The zero-order valence-corrected chi connectivity index (χ0v) is 18.0. The molecule has 1 aliphatic rings. The van der Waals surface area contributed by atoms with Gasteiger partial charge in [0.2, 0.25) is 21.8 Å². The van der Waals surface area contributed by atoms with Crippen molar-refractivity contribution >= 4 is 33.8 Å². The molecule has 2 aromatic carbocycles. The van der Waals surface area contributed by atoms with Crippen molar-refractivity contribution in [3.63, 3.8) is 0 Å². The Balaban J connectivity index is 1.47. The minimum atomic E-state index is -3.52. The molecule has 1 amide bonds. The molecule has 1 aromatic heterocycles. The molecule has 0 aliphatic carbocycles. The quantitative estimate of drug-likeness (QED) is 0.567. The molecule has 160 valence electrons. The Bertz CT molecular complexity index is 1230. The summed E-state index contributed by atoms with van der Waals surface area (Å²) in [7, 11) is -3.52. The molecule has 8 nitrogen and oxygen atoms in total. The molecule has 4 rings (SSSR count). The largest absolute Gasteiger partial charge is 0.334 e. The second-order valence-electron chi connectivity index (χ2n) is 7.48. The Labute approximate surface area is 180 Å². The molecule has 0 saturated carbocycles. The molecule has 0 unspecified atom stereocenters. The van der Waals surface area contributed by atoms with E-state index in [2.05, 4.69) is 14.9 Å². The maximum Gasteiger partial charge on any atom is 0.250 e. The van der Waals surface area contributed by atoms with E-state index < -0.39 is 10.0 Å². The molecule has 31 heavy (non-hydrogen) atoms. The Morgan fingerprint density at radius 1 is 1.13 bits per heavy atom. The Morgan fingerprint density at radius 3 is 2.55 bits per heavy atom. The molecule has 0 radical (unpaired) electrons. The Morgan fingerprint density at radius 2 is 1.90 bits per heavy atom. The fourth-order valence-corrected chi connectivity index (χ4v) is 4.38. The van der Waals surface area contributed by atoms with Crippen molar-refractivity contribution in [2.45, 2.75) is 31.2 Å². The maximum absolute atomic E-state index is 12.2. The Hall–Kier alpha value is -3.30. The highest BCUT2D eigenvalue weighted by molar-refractivity contribution is 7.89. The van der Waals surface area contributed by atoms with E-state index in [4.69, 9.17) is 4.52 Å². The average molecular weight is 439 g/mol. The predicted octanol–water partition coefficient (Wildman–Crippen LogP) is 3.33. The second kappa shape index (κ2) is 8.44. The van der Waals surface area contributed by atoms with E-state index >= 15 is 0 Å². The van der Waals surface area contributed by atoms with Crippen LogP contribution in [0.3, 0.4) is 0 Å². The van der Waals surface area contributed by atoms with Crippen molar-refractivity contribution in [2.24, 2.45) is 0 Å². The van der Waals surface area contributed by atoms with Gasteiger partial charge in [0.05, 0.1) is 4.90 Å². The van der Waals surface area contributed by atoms with Gasteiger partial charge in [0.1, 0.15) is 0 Å². The number of anilines is 1. The number of aromatic nitrogens is 2. The van der Waals surface area contributed by atoms with E-state index in [-0.39, 0.29) is 16.8 Å². The van der Waals surface area contributed by atoms with Crippen LogP contribution >= 0.6 is 0 Å². The fourth-order valence-electron chi connectivity index (χ4n) is 3.12. The van der Waals surface area contributed by atoms with Gasteiger partial charge in [-0.1, -0.05) is 29.4 Å². The van der Waals surface area contributed by atoms with E-state index in [0.717, 1.165) is 23.4 Å². The molecule has 1 N–H and O–H groups in total. The van der Waals surface area contributed by atoms with Crippen molar-refractivity contribution in [1.82, 2.24) is 14.9 Å². The van der Waals surface area contributed by atoms with Crippen molar-refractivity contribution < 1.29 is 17.7 Å². The number of benzene rings is 2. The van der Waals surface area contributed by atoms with Crippen LogP contribution in [-0.4, -0.2) is 37.1 Å². The summed E-state index contributed by atoms with van der Waals surface area (Å²) in [5.74, 6) is 0.849. The summed E-state index contributed by atoms with van der Waals surface area (Å²) < 4.78 is 32.2. The number of nitrogens with zero attached hydrogens (tertiary/aromatic N) is 3. The molecule has 1 aliphatic heterocycles. The molecular weight excluding hydrogens is 416 g/mol. The molecule has 0 bridgehead atoms. The molecule has 1 saturated heterocycles. The standard InChI is InChI=1S/C22H22N4O4S/c1-15(2)25-31(28,29)19-9-6-16(7-10-19)8-11-20-23-22(24-30-20)17-4-3-5-18(14-17)26-13-12-21(26)27/h3-11,14-15,25H,12-13H2,1-2H3/b11-8+. The van der Waals surface area contributed by atoms with Crippen LogP contribution in [0.5, 0.6) is 0 Å². The third-order valence-electron chi connectivity index (χ3n) is 4.71. The zero-order valence-electron chi connectivity index (χ0n) is 17.1. The third kappa shape index (κ3) is 4.73. The molecule has 9 heteroatoms. The van der Waals surface area contributed by atoms with Crippen molar-refractivity contribution in [3.05, 3.63) is 60.0 Å². The highest BCUT2D eigenvalue weighted by Crippen LogP contribution is 2.26. The summed E-state index contributed by atoms with van der Waals surface area (Å²) in [6.45, 7) is 4.26. The first-order valence-corrected chi connectivity index (χ1v) is 11.4. The van der Waals surface area contributed by atoms with Gasteiger partial charge in [-0.05, 0) is 49.8 Å². The summed E-state index contributed by atoms with van der Waals surface area (Å²) in [4.78, 5) is 18.0. The van der Waals surface area contributed by atoms with Gasteiger partial charge in [0.15, 0.2) is 0 Å². The molecular formula is C22H22N4O4S. The van der Waals surface area contributed by atoms with Crippen LogP contribution in [0.15, 0.2) is 57.9 Å². The van der Waals surface area contributed by atoms with E-state index in [0.29, 0.717) is 18.1 Å². The first kappa shape index (κ1) is 21.0. The van der Waals surface area contributed by atoms with Gasteiger partial charge in [0, 0.05) is 36.3 Å². The smallest absolute Gasteiger partial charge is 0.250 e. The molecule has 2 heterocycles. The minimum Gasteiger partial charge on any atom is -0.334 e. The van der Waals surface area contributed by atoms with E-state index in [9.17, 15) is 13.2 Å². The highest BCUT2D eigenvalue weighted by atomic mass is 32.2.